The zero-order chi connectivity index (χ0) is 14.4. The quantitative estimate of drug-likeness (QED) is 0.450. The molecule has 0 aromatic heterocycles. The molecule has 0 atom stereocenters. The maximum absolute atomic E-state index is 11.8. The van der Waals surface area contributed by atoms with E-state index in [-0.39, 0.29) is 5.97 Å². The number of nitrogen functional groups attached to an aromatic ring is 1. The number of rotatable bonds is 8. The van der Waals surface area contributed by atoms with Gasteiger partial charge in [0.2, 0.25) is 0 Å². The number of esters is 1. The lowest BCUT2D eigenvalue weighted by Gasteiger charge is -2.21. The number of unbranched alkanes of at least 4 members (excludes halogenated alkanes) is 1. The Morgan fingerprint density at radius 2 is 2.25 bits per heavy atom. The van der Waals surface area contributed by atoms with Crippen LogP contribution in [0.25, 0.3) is 0 Å². The molecule has 4 nitrogen and oxygen atoms in total. The Hall–Kier alpha value is -1.55. The van der Waals surface area contributed by atoms with Crippen molar-refractivity contribution >= 4 is 11.7 Å². The summed E-state index contributed by atoms with van der Waals surface area (Å²) in [5, 5.41) is 0. The molecule has 1 aliphatic carbocycles. The number of nitrogens with two attached hydrogens (primary N) is 1. The van der Waals surface area contributed by atoms with Crippen LogP contribution in [0.1, 0.15) is 38.2 Å². The Bertz CT molecular complexity index is 444. The van der Waals surface area contributed by atoms with Crippen LogP contribution in [0.15, 0.2) is 24.3 Å². The van der Waals surface area contributed by atoms with E-state index in [2.05, 4.69) is 11.8 Å². The van der Waals surface area contributed by atoms with Crippen LogP contribution in [0.5, 0.6) is 0 Å². The van der Waals surface area contributed by atoms with Gasteiger partial charge in [0.25, 0.3) is 0 Å². The number of hydrogen-bond donors (Lipinski definition) is 1. The van der Waals surface area contributed by atoms with Crippen molar-refractivity contribution in [2.45, 2.75) is 45.2 Å². The fraction of sp³-hybridized carbons (Fsp3) is 0.562. The first kappa shape index (κ1) is 14.9. The first-order valence-corrected chi connectivity index (χ1v) is 7.43. The molecule has 0 saturated heterocycles. The molecule has 0 aliphatic heterocycles. The smallest absolute Gasteiger partial charge is 0.320 e. The van der Waals surface area contributed by atoms with Crippen molar-refractivity contribution < 1.29 is 9.53 Å². The lowest BCUT2D eigenvalue weighted by Crippen LogP contribution is -2.32. The Morgan fingerprint density at radius 1 is 1.45 bits per heavy atom. The Balaban J connectivity index is 1.86. The van der Waals surface area contributed by atoms with E-state index in [9.17, 15) is 4.79 Å². The molecule has 110 valence electrons. The second-order valence-electron chi connectivity index (χ2n) is 5.46. The number of carbonyl (C=O) groups is 1. The van der Waals surface area contributed by atoms with E-state index < -0.39 is 0 Å². The topological polar surface area (TPSA) is 55.6 Å². The second kappa shape index (κ2) is 7.29. The van der Waals surface area contributed by atoms with Gasteiger partial charge in [-0.2, -0.15) is 0 Å². The van der Waals surface area contributed by atoms with Crippen molar-refractivity contribution in [1.29, 1.82) is 0 Å². The zero-order valence-electron chi connectivity index (χ0n) is 12.2. The Morgan fingerprint density at radius 3 is 2.90 bits per heavy atom. The third kappa shape index (κ3) is 4.85. The highest BCUT2D eigenvalue weighted by Crippen LogP contribution is 2.28. The lowest BCUT2D eigenvalue weighted by atomic mass is 10.2. The predicted octanol–water partition coefficient (Wildman–Crippen LogP) is 2.58. The number of anilines is 1. The Labute approximate surface area is 120 Å². The molecule has 1 aromatic carbocycles. The van der Waals surface area contributed by atoms with Gasteiger partial charge < -0.3 is 10.5 Å². The molecular weight excluding hydrogens is 252 g/mol. The largest absolute Gasteiger partial charge is 0.465 e. The van der Waals surface area contributed by atoms with Gasteiger partial charge in [-0.25, -0.2) is 0 Å². The third-order valence-electron chi connectivity index (χ3n) is 3.49. The number of ether oxygens (including phenoxy) is 1. The fourth-order valence-electron chi connectivity index (χ4n) is 2.22. The number of benzene rings is 1. The van der Waals surface area contributed by atoms with Crippen LogP contribution in [0.4, 0.5) is 5.69 Å². The van der Waals surface area contributed by atoms with Gasteiger partial charge in [0.05, 0.1) is 13.2 Å². The van der Waals surface area contributed by atoms with E-state index in [4.69, 9.17) is 10.5 Å². The van der Waals surface area contributed by atoms with Crippen LogP contribution < -0.4 is 5.73 Å². The van der Waals surface area contributed by atoms with Crippen LogP contribution in [0.2, 0.25) is 0 Å². The molecule has 0 radical (unpaired) electrons. The Kier molecular flexibility index (Phi) is 5.41. The molecule has 1 fully saturated rings. The first-order chi connectivity index (χ1) is 9.69. The van der Waals surface area contributed by atoms with Gasteiger partial charge in [0.1, 0.15) is 0 Å². The number of hydrogen-bond acceptors (Lipinski definition) is 4. The monoisotopic (exact) mass is 276 g/mol. The van der Waals surface area contributed by atoms with Crippen LogP contribution in [0.3, 0.4) is 0 Å². The molecule has 20 heavy (non-hydrogen) atoms. The van der Waals surface area contributed by atoms with Crippen molar-refractivity contribution in [2.75, 3.05) is 18.9 Å². The standard InChI is InChI=1S/C16H24N2O2/c1-2-3-9-20-16(19)12-18(15-7-8-15)11-13-5-4-6-14(17)10-13/h4-6,10,15H,2-3,7-9,11-12,17H2,1H3. The highest BCUT2D eigenvalue weighted by Gasteiger charge is 2.30. The summed E-state index contributed by atoms with van der Waals surface area (Å²) in [6.07, 6.45) is 4.32. The third-order valence-corrected chi connectivity index (χ3v) is 3.49. The fourth-order valence-corrected chi connectivity index (χ4v) is 2.22. The molecule has 0 amide bonds. The van der Waals surface area contributed by atoms with Gasteiger partial charge in [-0.1, -0.05) is 25.5 Å². The minimum atomic E-state index is -0.116. The summed E-state index contributed by atoms with van der Waals surface area (Å²) in [6, 6.07) is 8.38. The molecule has 1 saturated carbocycles. The summed E-state index contributed by atoms with van der Waals surface area (Å²) < 4.78 is 5.25. The van der Waals surface area contributed by atoms with E-state index in [1.54, 1.807) is 0 Å². The molecule has 0 heterocycles. The maximum Gasteiger partial charge on any atom is 0.320 e. The number of nitrogens with zero attached hydrogens (tertiary/aromatic N) is 1. The van der Waals surface area contributed by atoms with Gasteiger partial charge in [0.15, 0.2) is 0 Å². The summed E-state index contributed by atoms with van der Waals surface area (Å²) in [5.74, 6) is -0.116. The van der Waals surface area contributed by atoms with Gasteiger partial charge in [-0.3, -0.25) is 9.69 Å². The molecule has 0 unspecified atom stereocenters. The predicted molar refractivity (Wildman–Crippen MR) is 80.2 cm³/mol. The van der Waals surface area contributed by atoms with E-state index in [0.717, 1.165) is 30.6 Å². The maximum atomic E-state index is 11.8. The first-order valence-electron chi connectivity index (χ1n) is 7.43. The molecule has 2 N–H and O–H groups in total. The average molecular weight is 276 g/mol. The highest BCUT2D eigenvalue weighted by atomic mass is 16.5. The molecule has 0 bridgehead atoms. The van der Waals surface area contributed by atoms with Crippen molar-refractivity contribution in [1.82, 2.24) is 4.90 Å². The van der Waals surface area contributed by atoms with Crippen molar-refractivity contribution in [3.8, 4) is 0 Å². The molecular formula is C16H24N2O2. The molecule has 0 spiro atoms. The van der Waals surface area contributed by atoms with E-state index in [0.29, 0.717) is 19.2 Å². The van der Waals surface area contributed by atoms with E-state index in [1.165, 1.54) is 12.8 Å². The summed E-state index contributed by atoms with van der Waals surface area (Å²) in [5.41, 5.74) is 7.72. The van der Waals surface area contributed by atoms with E-state index >= 15 is 0 Å². The summed E-state index contributed by atoms with van der Waals surface area (Å²) in [7, 11) is 0. The molecule has 1 aromatic rings. The van der Waals surface area contributed by atoms with Crippen LogP contribution in [-0.2, 0) is 16.1 Å². The average Bonchev–Trinajstić information content (AvgIpc) is 3.22. The van der Waals surface area contributed by atoms with Gasteiger partial charge >= 0.3 is 5.97 Å². The lowest BCUT2D eigenvalue weighted by molar-refractivity contribution is -0.145. The minimum absolute atomic E-state index is 0.116. The van der Waals surface area contributed by atoms with Gasteiger partial charge in [0, 0.05) is 18.3 Å². The van der Waals surface area contributed by atoms with Crippen LogP contribution >= 0.6 is 0 Å². The minimum Gasteiger partial charge on any atom is -0.465 e. The zero-order valence-corrected chi connectivity index (χ0v) is 12.2. The van der Waals surface area contributed by atoms with Crippen molar-refractivity contribution in [2.24, 2.45) is 0 Å². The molecule has 4 heteroatoms. The van der Waals surface area contributed by atoms with Crippen LogP contribution in [-0.4, -0.2) is 30.1 Å². The van der Waals surface area contributed by atoms with Gasteiger partial charge in [-0.05, 0) is 37.0 Å². The number of carbonyl (C=O) groups excluding carboxylic acids is 1. The van der Waals surface area contributed by atoms with Crippen molar-refractivity contribution in [3.63, 3.8) is 0 Å². The highest BCUT2D eigenvalue weighted by molar-refractivity contribution is 5.71. The normalized spacial score (nSPS) is 14.5. The summed E-state index contributed by atoms with van der Waals surface area (Å²) >= 11 is 0. The van der Waals surface area contributed by atoms with Crippen LogP contribution in [0, 0.1) is 0 Å². The van der Waals surface area contributed by atoms with Crippen molar-refractivity contribution in [3.05, 3.63) is 29.8 Å². The summed E-state index contributed by atoms with van der Waals surface area (Å²) in [4.78, 5) is 14.0. The molecule has 2 rings (SSSR count). The van der Waals surface area contributed by atoms with E-state index in [1.807, 2.05) is 24.3 Å². The summed E-state index contributed by atoms with van der Waals surface area (Å²) in [6.45, 7) is 3.76. The van der Waals surface area contributed by atoms with Gasteiger partial charge in [-0.15, -0.1) is 0 Å². The molecule has 1 aliphatic rings. The second-order valence-corrected chi connectivity index (χ2v) is 5.46. The SMILES string of the molecule is CCCCOC(=O)CN(Cc1cccc(N)c1)C1CC1.